The molecule has 9 heteroatoms. The summed E-state index contributed by atoms with van der Waals surface area (Å²) in [6.45, 7) is 2.53. The number of pyridine rings is 1. The van der Waals surface area contributed by atoms with Gasteiger partial charge in [0.25, 0.3) is 0 Å². The van der Waals surface area contributed by atoms with Crippen LogP contribution in [0, 0.1) is 22.7 Å². The molecular formula is C26H25N7OS. The molecule has 0 aliphatic carbocycles. The molecule has 0 bridgehead atoms. The van der Waals surface area contributed by atoms with Crippen molar-refractivity contribution in [3.8, 4) is 23.3 Å². The van der Waals surface area contributed by atoms with Gasteiger partial charge in [-0.2, -0.15) is 20.7 Å². The fourth-order valence-corrected chi connectivity index (χ4v) is 5.71. The third kappa shape index (κ3) is 4.42. The standard InChI is InChI=1S/C26H25N7OS/c1-31-9-7-21(8-10-31)33-23(17-34-2)22(15-30-33)19-11-25(26-20(13-28)14-29-32(26)16-19)35-24-6-4-3-5-18(24)12-27/h3-6,11,14-16,21H,7-10,17H2,1-2H3. The Bertz CT molecular complexity index is 1450. The third-order valence-electron chi connectivity index (χ3n) is 6.45. The molecule has 0 saturated carbocycles. The molecule has 0 radical (unpaired) electrons. The number of hydrogen-bond acceptors (Lipinski definition) is 7. The average Bonchev–Trinajstić information content (AvgIpc) is 3.49. The molecule has 35 heavy (non-hydrogen) atoms. The third-order valence-corrected chi connectivity index (χ3v) is 7.56. The van der Waals surface area contributed by atoms with Crippen LogP contribution >= 0.6 is 11.8 Å². The van der Waals surface area contributed by atoms with Gasteiger partial charge in [-0.1, -0.05) is 23.9 Å². The van der Waals surface area contributed by atoms with Gasteiger partial charge in [0.05, 0.1) is 47.4 Å². The Labute approximate surface area is 208 Å². The van der Waals surface area contributed by atoms with Gasteiger partial charge in [-0.3, -0.25) is 4.68 Å². The molecule has 4 heterocycles. The number of nitriles is 2. The highest BCUT2D eigenvalue weighted by atomic mass is 32.2. The predicted octanol–water partition coefficient (Wildman–Crippen LogP) is 4.51. The van der Waals surface area contributed by atoms with Gasteiger partial charge in [0.1, 0.15) is 12.1 Å². The van der Waals surface area contributed by atoms with Gasteiger partial charge in [0, 0.05) is 34.2 Å². The second-order valence-corrected chi connectivity index (χ2v) is 9.77. The van der Waals surface area contributed by atoms with Crippen molar-refractivity contribution in [3.05, 3.63) is 65.7 Å². The number of likely N-dealkylation sites (tertiary alicyclic amines) is 1. The number of benzene rings is 1. The molecule has 0 N–H and O–H groups in total. The molecule has 3 aromatic heterocycles. The zero-order chi connectivity index (χ0) is 24.4. The van der Waals surface area contributed by atoms with Crippen LogP contribution in [0.15, 0.2) is 58.7 Å². The van der Waals surface area contributed by atoms with Gasteiger partial charge in [0.15, 0.2) is 0 Å². The number of aromatic nitrogens is 4. The topological polar surface area (TPSA) is 95.2 Å². The Kier molecular flexibility index (Phi) is 6.56. The predicted molar refractivity (Wildman–Crippen MR) is 133 cm³/mol. The van der Waals surface area contributed by atoms with Crippen molar-refractivity contribution < 1.29 is 4.74 Å². The van der Waals surface area contributed by atoms with E-state index in [2.05, 4.69) is 39.9 Å². The molecule has 1 aromatic carbocycles. The van der Waals surface area contributed by atoms with Gasteiger partial charge in [-0.25, -0.2) is 4.52 Å². The van der Waals surface area contributed by atoms with Crippen LogP contribution < -0.4 is 0 Å². The van der Waals surface area contributed by atoms with Crippen LogP contribution in [0.3, 0.4) is 0 Å². The summed E-state index contributed by atoms with van der Waals surface area (Å²) < 4.78 is 9.46. The fraction of sp³-hybridized carbons (Fsp3) is 0.308. The lowest BCUT2D eigenvalue weighted by molar-refractivity contribution is 0.163. The molecule has 5 rings (SSSR count). The van der Waals surface area contributed by atoms with Gasteiger partial charge in [0.2, 0.25) is 0 Å². The summed E-state index contributed by atoms with van der Waals surface area (Å²) in [5.41, 5.74) is 4.76. The Morgan fingerprint density at radius 2 is 1.83 bits per heavy atom. The lowest BCUT2D eigenvalue weighted by Gasteiger charge is -2.30. The first-order valence-electron chi connectivity index (χ1n) is 11.5. The highest BCUT2D eigenvalue weighted by Gasteiger charge is 2.24. The first-order valence-corrected chi connectivity index (χ1v) is 12.3. The van der Waals surface area contributed by atoms with Crippen LogP contribution in [0.1, 0.15) is 35.7 Å². The molecule has 0 amide bonds. The summed E-state index contributed by atoms with van der Waals surface area (Å²) in [4.78, 5) is 4.03. The lowest BCUT2D eigenvalue weighted by Crippen LogP contribution is -2.32. The number of ether oxygens (including phenoxy) is 1. The fourth-order valence-electron chi connectivity index (χ4n) is 4.62. The highest BCUT2D eigenvalue weighted by Crippen LogP contribution is 2.38. The van der Waals surface area contributed by atoms with Crippen LogP contribution in [0.5, 0.6) is 0 Å². The summed E-state index contributed by atoms with van der Waals surface area (Å²) in [5, 5.41) is 28.5. The molecular weight excluding hydrogens is 458 g/mol. The maximum Gasteiger partial charge on any atom is 0.103 e. The van der Waals surface area contributed by atoms with E-state index in [9.17, 15) is 10.5 Å². The smallest absolute Gasteiger partial charge is 0.103 e. The van der Waals surface area contributed by atoms with Crippen LogP contribution in [0.4, 0.5) is 0 Å². The van der Waals surface area contributed by atoms with E-state index >= 15 is 0 Å². The number of fused-ring (bicyclic) bond motifs is 1. The van der Waals surface area contributed by atoms with Gasteiger partial charge < -0.3 is 9.64 Å². The van der Waals surface area contributed by atoms with Crippen molar-refractivity contribution in [1.29, 1.82) is 10.5 Å². The van der Waals surface area contributed by atoms with Crippen molar-refractivity contribution in [2.45, 2.75) is 35.3 Å². The van der Waals surface area contributed by atoms with E-state index < -0.39 is 0 Å². The van der Waals surface area contributed by atoms with E-state index in [1.165, 1.54) is 11.8 Å². The van der Waals surface area contributed by atoms with Gasteiger partial charge in [-0.05, 0) is 51.2 Å². The maximum absolute atomic E-state index is 9.68. The molecule has 1 saturated heterocycles. The molecule has 8 nitrogen and oxygen atoms in total. The van der Waals surface area contributed by atoms with E-state index in [1.54, 1.807) is 23.9 Å². The van der Waals surface area contributed by atoms with Crippen LogP contribution in [0.25, 0.3) is 16.6 Å². The Morgan fingerprint density at radius 1 is 1.06 bits per heavy atom. The van der Waals surface area contributed by atoms with Crippen molar-refractivity contribution >= 4 is 17.3 Å². The molecule has 176 valence electrons. The molecule has 0 spiro atoms. The number of piperidine rings is 1. The minimum Gasteiger partial charge on any atom is -0.378 e. The molecule has 1 aliphatic rings. The zero-order valence-corrected chi connectivity index (χ0v) is 20.5. The Morgan fingerprint density at radius 3 is 2.57 bits per heavy atom. The normalized spacial score (nSPS) is 14.7. The van der Waals surface area contributed by atoms with Gasteiger partial charge in [-0.15, -0.1) is 0 Å². The first-order chi connectivity index (χ1) is 17.1. The van der Waals surface area contributed by atoms with E-state index in [4.69, 9.17) is 9.84 Å². The van der Waals surface area contributed by atoms with Crippen LogP contribution in [-0.4, -0.2) is 51.5 Å². The second-order valence-electron chi connectivity index (χ2n) is 8.68. The summed E-state index contributed by atoms with van der Waals surface area (Å²) in [6.07, 6.45) is 7.51. The number of methoxy groups -OCH3 is 1. The molecule has 4 aromatic rings. The number of rotatable bonds is 6. The maximum atomic E-state index is 9.68. The SMILES string of the molecule is COCc1c(-c2cc(Sc3ccccc3C#N)c3c(C#N)cnn3c2)cnn1C1CCN(C)CC1. The largest absolute Gasteiger partial charge is 0.378 e. The molecule has 0 atom stereocenters. The van der Waals surface area contributed by atoms with E-state index in [0.29, 0.717) is 23.8 Å². The first kappa shape index (κ1) is 23.1. The monoisotopic (exact) mass is 483 g/mol. The second kappa shape index (κ2) is 9.93. The minimum absolute atomic E-state index is 0.333. The van der Waals surface area contributed by atoms with Crippen molar-refractivity contribution in [3.63, 3.8) is 0 Å². The Hall–Kier alpha value is -3.63. The van der Waals surface area contributed by atoms with Crippen LogP contribution in [0.2, 0.25) is 0 Å². The van der Waals surface area contributed by atoms with E-state index in [-0.39, 0.29) is 0 Å². The van der Waals surface area contributed by atoms with E-state index in [1.807, 2.05) is 30.6 Å². The molecule has 0 unspecified atom stereocenters. The summed E-state index contributed by atoms with van der Waals surface area (Å²) >= 11 is 1.47. The van der Waals surface area contributed by atoms with Crippen molar-refractivity contribution in [2.75, 3.05) is 27.2 Å². The molecule has 1 aliphatic heterocycles. The van der Waals surface area contributed by atoms with E-state index in [0.717, 1.165) is 58.1 Å². The minimum atomic E-state index is 0.333. The lowest BCUT2D eigenvalue weighted by atomic mass is 10.0. The summed E-state index contributed by atoms with van der Waals surface area (Å²) in [7, 11) is 3.85. The summed E-state index contributed by atoms with van der Waals surface area (Å²) in [6, 6.07) is 14.4. The average molecular weight is 484 g/mol. The quantitative estimate of drug-likeness (QED) is 0.398. The summed E-state index contributed by atoms with van der Waals surface area (Å²) in [5.74, 6) is 0. The Balaban J connectivity index is 1.63. The van der Waals surface area contributed by atoms with Gasteiger partial charge >= 0.3 is 0 Å². The highest BCUT2D eigenvalue weighted by molar-refractivity contribution is 7.99. The number of hydrogen-bond donors (Lipinski definition) is 0. The van der Waals surface area contributed by atoms with Crippen LogP contribution in [-0.2, 0) is 11.3 Å². The zero-order valence-electron chi connectivity index (χ0n) is 19.7. The molecule has 1 fully saturated rings. The van der Waals surface area contributed by atoms with Crippen molar-refractivity contribution in [1.82, 2.24) is 24.3 Å². The van der Waals surface area contributed by atoms with Crippen molar-refractivity contribution in [2.24, 2.45) is 0 Å². The number of nitrogens with zero attached hydrogens (tertiary/aromatic N) is 7.